The molecular weight excluding hydrogens is 116 g/mol. The van der Waals surface area contributed by atoms with Crippen LogP contribution in [0.5, 0.6) is 0 Å². The number of rotatable bonds is 3. The molecule has 0 radical (unpaired) electrons. The molecule has 1 aliphatic rings. The van der Waals surface area contributed by atoms with Crippen LogP contribution in [0.25, 0.3) is 0 Å². The molecule has 1 aliphatic heterocycles. The van der Waals surface area contributed by atoms with E-state index < -0.39 is 0 Å². The summed E-state index contributed by atoms with van der Waals surface area (Å²) < 4.78 is 5.03. The van der Waals surface area contributed by atoms with Gasteiger partial charge in [-0.25, -0.2) is 0 Å². The molecule has 2 nitrogen and oxygen atoms in total. The van der Waals surface area contributed by atoms with Crippen molar-refractivity contribution in [2.75, 3.05) is 0 Å². The number of aliphatic hydroxyl groups excluding tert-OH is 1. The van der Waals surface area contributed by atoms with E-state index in [1.165, 1.54) is 0 Å². The van der Waals surface area contributed by atoms with Crippen LogP contribution in [0.15, 0.2) is 12.7 Å². The number of aliphatic hydroxyl groups is 1. The SMILES string of the molecule is C=CC[C@H](O)[C@H]1O[C@@H]1C. The fraction of sp³-hybridized carbons (Fsp3) is 0.714. The molecule has 0 aromatic heterocycles. The standard InChI is InChI=1S/C7H12O2/c1-3-4-6(8)7-5(2)9-7/h3,5-8H,1,4H2,2H3/t5-,6+,7+/m1/s1. The molecule has 0 aromatic carbocycles. The van der Waals surface area contributed by atoms with Crippen LogP contribution >= 0.6 is 0 Å². The molecule has 0 aromatic rings. The Kier molecular flexibility index (Phi) is 1.88. The maximum absolute atomic E-state index is 9.16. The quantitative estimate of drug-likeness (QED) is 0.448. The molecule has 1 fully saturated rings. The molecule has 52 valence electrons. The lowest BCUT2D eigenvalue weighted by molar-refractivity contribution is 0.138. The van der Waals surface area contributed by atoms with E-state index in [1.54, 1.807) is 6.08 Å². The second-order valence-corrected chi connectivity index (χ2v) is 2.40. The lowest BCUT2D eigenvalue weighted by Gasteiger charge is -2.00. The van der Waals surface area contributed by atoms with Crippen LogP contribution in [0.2, 0.25) is 0 Å². The number of ether oxygens (including phenoxy) is 1. The molecule has 0 amide bonds. The van der Waals surface area contributed by atoms with Crippen LogP contribution < -0.4 is 0 Å². The molecule has 0 spiro atoms. The molecule has 0 aliphatic carbocycles. The van der Waals surface area contributed by atoms with E-state index in [-0.39, 0.29) is 18.3 Å². The van der Waals surface area contributed by atoms with Gasteiger partial charge in [0.05, 0.1) is 12.2 Å². The van der Waals surface area contributed by atoms with Crippen molar-refractivity contribution in [2.24, 2.45) is 0 Å². The van der Waals surface area contributed by atoms with Crippen LogP contribution in [0.1, 0.15) is 13.3 Å². The third-order valence-corrected chi connectivity index (χ3v) is 1.55. The third-order valence-electron chi connectivity index (χ3n) is 1.55. The van der Waals surface area contributed by atoms with Gasteiger partial charge in [0, 0.05) is 0 Å². The Bertz CT molecular complexity index is 111. The number of hydrogen-bond acceptors (Lipinski definition) is 2. The summed E-state index contributed by atoms with van der Waals surface area (Å²) >= 11 is 0. The molecule has 2 heteroatoms. The largest absolute Gasteiger partial charge is 0.390 e. The minimum atomic E-state index is -0.336. The Morgan fingerprint density at radius 2 is 2.44 bits per heavy atom. The van der Waals surface area contributed by atoms with Crippen molar-refractivity contribution in [3.8, 4) is 0 Å². The first-order chi connectivity index (χ1) is 4.25. The van der Waals surface area contributed by atoms with Gasteiger partial charge < -0.3 is 9.84 Å². The fourth-order valence-corrected chi connectivity index (χ4v) is 0.911. The normalized spacial score (nSPS) is 35.8. The second kappa shape index (κ2) is 2.50. The summed E-state index contributed by atoms with van der Waals surface area (Å²) in [6, 6.07) is 0. The predicted molar refractivity (Wildman–Crippen MR) is 35.2 cm³/mol. The van der Waals surface area contributed by atoms with Crippen LogP contribution in [-0.2, 0) is 4.74 Å². The topological polar surface area (TPSA) is 32.8 Å². The zero-order chi connectivity index (χ0) is 6.85. The summed E-state index contributed by atoms with van der Waals surface area (Å²) in [6.07, 6.45) is 2.33. The highest BCUT2D eigenvalue weighted by atomic mass is 16.6. The number of epoxide rings is 1. The molecule has 0 unspecified atom stereocenters. The van der Waals surface area contributed by atoms with Gasteiger partial charge in [-0.1, -0.05) is 6.08 Å². The molecule has 1 saturated heterocycles. The van der Waals surface area contributed by atoms with Gasteiger partial charge in [-0.3, -0.25) is 0 Å². The Morgan fingerprint density at radius 3 is 2.78 bits per heavy atom. The molecule has 1 heterocycles. The van der Waals surface area contributed by atoms with E-state index in [0.29, 0.717) is 6.42 Å². The molecular formula is C7H12O2. The summed E-state index contributed by atoms with van der Waals surface area (Å²) in [5, 5.41) is 9.16. The van der Waals surface area contributed by atoms with Crippen molar-refractivity contribution in [1.82, 2.24) is 0 Å². The molecule has 1 rings (SSSR count). The Balaban J connectivity index is 2.18. The van der Waals surface area contributed by atoms with Crippen molar-refractivity contribution in [1.29, 1.82) is 0 Å². The number of hydrogen-bond donors (Lipinski definition) is 1. The molecule has 9 heavy (non-hydrogen) atoms. The second-order valence-electron chi connectivity index (χ2n) is 2.40. The van der Waals surface area contributed by atoms with Gasteiger partial charge in [-0.2, -0.15) is 0 Å². The fourth-order valence-electron chi connectivity index (χ4n) is 0.911. The van der Waals surface area contributed by atoms with Crippen LogP contribution in [-0.4, -0.2) is 23.4 Å². The van der Waals surface area contributed by atoms with Crippen LogP contribution in [0.3, 0.4) is 0 Å². The maximum Gasteiger partial charge on any atom is 0.110 e. The van der Waals surface area contributed by atoms with E-state index in [2.05, 4.69) is 6.58 Å². The highest BCUT2D eigenvalue weighted by Gasteiger charge is 2.39. The first-order valence-electron chi connectivity index (χ1n) is 3.20. The van der Waals surface area contributed by atoms with Gasteiger partial charge in [-0.05, 0) is 13.3 Å². The molecule has 0 saturated carbocycles. The first kappa shape index (κ1) is 6.78. The van der Waals surface area contributed by atoms with Crippen molar-refractivity contribution in [3.05, 3.63) is 12.7 Å². The van der Waals surface area contributed by atoms with Gasteiger partial charge in [-0.15, -0.1) is 6.58 Å². The third kappa shape index (κ3) is 1.53. The van der Waals surface area contributed by atoms with Crippen molar-refractivity contribution in [2.45, 2.75) is 31.7 Å². The zero-order valence-electron chi connectivity index (χ0n) is 5.58. The van der Waals surface area contributed by atoms with Crippen molar-refractivity contribution < 1.29 is 9.84 Å². The first-order valence-corrected chi connectivity index (χ1v) is 3.20. The van der Waals surface area contributed by atoms with Gasteiger partial charge >= 0.3 is 0 Å². The lowest BCUT2D eigenvalue weighted by Crippen LogP contribution is -2.14. The van der Waals surface area contributed by atoms with E-state index >= 15 is 0 Å². The highest BCUT2D eigenvalue weighted by molar-refractivity contribution is 4.90. The average molecular weight is 128 g/mol. The monoisotopic (exact) mass is 128 g/mol. The van der Waals surface area contributed by atoms with E-state index in [1.807, 2.05) is 6.92 Å². The molecule has 0 bridgehead atoms. The van der Waals surface area contributed by atoms with Crippen LogP contribution in [0, 0.1) is 0 Å². The predicted octanol–water partition coefficient (Wildman–Crippen LogP) is 0.711. The zero-order valence-corrected chi connectivity index (χ0v) is 5.58. The summed E-state index contributed by atoms with van der Waals surface area (Å²) in [7, 11) is 0. The molecule has 3 atom stereocenters. The summed E-state index contributed by atoms with van der Waals surface area (Å²) in [6.45, 7) is 5.48. The summed E-state index contributed by atoms with van der Waals surface area (Å²) in [5.41, 5.74) is 0. The van der Waals surface area contributed by atoms with E-state index in [9.17, 15) is 0 Å². The average Bonchev–Trinajstić information content (AvgIpc) is 2.47. The lowest BCUT2D eigenvalue weighted by atomic mass is 10.1. The summed E-state index contributed by atoms with van der Waals surface area (Å²) in [5.74, 6) is 0. The Hall–Kier alpha value is -0.340. The van der Waals surface area contributed by atoms with Gasteiger partial charge in [0.1, 0.15) is 6.10 Å². The highest BCUT2D eigenvalue weighted by Crippen LogP contribution is 2.25. The van der Waals surface area contributed by atoms with Crippen molar-refractivity contribution >= 4 is 0 Å². The smallest absolute Gasteiger partial charge is 0.110 e. The van der Waals surface area contributed by atoms with Gasteiger partial charge in [0.15, 0.2) is 0 Å². The van der Waals surface area contributed by atoms with Gasteiger partial charge in [0.25, 0.3) is 0 Å². The Morgan fingerprint density at radius 1 is 1.89 bits per heavy atom. The van der Waals surface area contributed by atoms with E-state index in [0.717, 1.165) is 0 Å². The molecule has 1 N–H and O–H groups in total. The van der Waals surface area contributed by atoms with Crippen LogP contribution in [0.4, 0.5) is 0 Å². The van der Waals surface area contributed by atoms with E-state index in [4.69, 9.17) is 9.84 Å². The minimum Gasteiger partial charge on any atom is -0.390 e. The Labute approximate surface area is 55.1 Å². The van der Waals surface area contributed by atoms with Gasteiger partial charge in [0.2, 0.25) is 0 Å². The summed E-state index contributed by atoms with van der Waals surface area (Å²) in [4.78, 5) is 0. The van der Waals surface area contributed by atoms with Crippen molar-refractivity contribution in [3.63, 3.8) is 0 Å². The maximum atomic E-state index is 9.16. The minimum absolute atomic E-state index is 0.0722.